The zero-order valence-corrected chi connectivity index (χ0v) is 7.78. The number of ether oxygens (including phenoxy) is 1. The van der Waals surface area contributed by atoms with E-state index in [2.05, 4.69) is 5.10 Å². The molecule has 1 heterocycles. The summed E-state index contributed by atoms with van der Waals surface area (Å²) in [6.45, 7) is 4.69. The minimum atomic E-state index is -0.417. The van der Waals surface area contributed by atoms with Crippen molar-refractivity contribution >= 4 is 11.8 Å². The molecule has 13 heavy (non-hydrogen) atoms. The molecule has 0 unspecified atom stereocenters. The van der Waals surface area contributed by atoms with Crippen LogP contribution in [0.15, 0.2) is 6.20 Å². The maximum Gasteiger partial charge on any atom is 0.343 e. The van der Waals surface area contributed by atoms with Crippen LogP contribution in [0.5, 0.6) is 0 Å². The van der Waals surface area contributed by atoms with E-state index in [1.807, 2.05) is 6.92 Å². The van der Waals surface area contributed by atoms with Gasteiger partial charge in [-0.2, -0.15) is 5.10 Å². The fourth-order valence-corrected chi connectivity index (χ4v) is 0.964. The highest BCUT2D eigenvalue weighted by molar-refractivity contribution is 5.93. The van der Waals surface area contributed by atoms with Gasteiger partial charge in [-0.3, -0.25) is 4.68 Å². The monoisotopic (exact) mass is 183 g/mol. The van der Waals surface area contributed by atoms with E-state index in [1.165, 1.54) is 0 Å². The standard InChI is InChI=1S/C8H13N3O2/c1-3-11-5-6(7(9)10-11)8(12)13-4-2/h5H,3-4H2,1-2H3,(H2,9,10). The van der Waals surface area contributed by atoms with E-state index in [0.717, 1.165) is 0 Å². The van der Waals surface area contributed by atoms with Crippen molar-refractivity contribution < 1.29 is 9.53 Å². The van der Waals surface area contributed by atoms with Crippen LogP contribution < -0.4 is 5.73 Å². The minimum Gasteiger partial charge on any atom is -0.462 e. The molecule has 0 spiro atoms. The van der Waals surface area contributed by atoms with Crippen LogP contribution in [-0.4, -0.2) is 22.4 Å². The molecule has 0 aliphatic heterocycles. The van der Waals surface area contributed by atoms with E-state index in [1.54, 1.807) is 17.8 Å². The van der Waals surface area contributed by atoms with Crippen LogP contribution in [0.25, 0.3) is 0 Å². The highest BCUT2D eigenvalue weighted by Gasteiger charge is 2.14. The van der Waals surface area contributed by atoms with E-state index in [4.69, 9.17) is 10.5 Å². The van der Waals surface area contributed by atoms with Gasteiger partial charge in [0.05, 0.1) is 6.61 Å². The Balaban J connectivity index is 2.87. The van der Waals surface area contributed by atoms with E-state index < -0.39 is 5.97 Å². The van der Waals surface area contributed by atoms with E-state index in [0.29, 0.717) is 18.7 Å². The first-order valence-electron chi connectivity index (χ1n) is 4.19. The van der Waals surface area contributed by atoms with Gasteiger partial charge in [-0.1, -0.05) is 0 Å². The second-order valence-corrected chi connectivity index (χ2v) is 2.50. The zero-order chi connectivity index (χ0) is 9.84. The lowest BCUT2D eigenvalue weighted by atomic mass is 10.3. The van der Waals surface area contributed by atoms with Gasteiger partial charge in [-0.25, -0.2) is 4.79 Å². The third-order valence-corrected chi connectivity index (χ3v) is 1.61. The topological polar surface area (TPSA) is 70.1 Å². The minimum absolute atomic E-state index is 0.223. The number of hydrogen-bond acceptors (Lipinski definition) is 4. The molecule has 0 aliphatic carbocycles. The van der Waals surface area contributed by atoms with Crippen molar-refractivity contribution in [2.45, 2.75) is 20.4 Å². The number of hydrogen-bond donors (Lipinski definition) is 1. The molecule has 5 nitrogen and oxygen atoms in total. The number of carbonyl (C=O) groups excluding carboxylic acids is 1. The second kappa shape index (κ2) is 3.93. The molecule has 5 heteroatoms. The number of nitrogens with zero attached hydrogens (tertiary/aromatic N) is 2. The van der Waals surface area contributed by atoms with Gasteiger partial charge in [0.15, 0.2) is 5.82 Å². The van der Waals surface area contributed by atoms with Crippen LogP contribution in [0.4, 0.5) is 5.82 Å². The predicted molar refractivity (Wildman–Crippen MR) is 48.3 cm³/mol. The summed E-state index contributed by atoms with van der Waals surface area (Å²) in [7, 11) is 0. The first kappa shape index (κ1) is 9.57. The molecule has 0 saturated heterocycles. The maximum atomic E-state index is 11.2. The Morgan fingerprint density at radius 3 is 2.85 bits per heavy atom. The SMILES string of the molecule is CCOC(=O)c1cn(CC)nc1N. The fourth-order valence-electron chi connectivity index (χ4n) is 0.964. The Kier molecular flexibility index (Phi) is 2.89. The zero-order valence-electron chi connectivity index (χ0n) is 7.78. The summed E-state index contributed by atoms with van der Waals surface area (Å²) in [6, 6.07) is 0. The van der Waals surface area contributed by atoms with Crippen molar-refractivity contribution in [1.82, 2.24) is 9.78 Å². The number of nitrogens with two attached hydrogens (primary N) is 1. The lowest BCUT2D eigenvalue weighted by Crippen LogP contribution is -2.05. The quantitative estimate of drug-likeness (QED) is 0.699. The number of rotatable bonds is 3. The number of esters is 1. The van der Waals surface area contributed by atoms with Gasteiger partial charge in [-0.05, 0) is 13.8 Å². The lowest BCUT2D eigenvalue weighted by molar-refractivity contribution is 0.0527. The lowest BCUT2D eigenvalue weighted by Gasteiger charge is -1.97. The maximum absolute atomic E-state index is 11.2. The molecule has 0 aromatic carbocycles. The van der Waals surface area contributed by atoms with Crippen molar-refractivity contribution in [3.63, 3.8) is 0 Å². The van der Waals surface area contributed by atoms with Gasteiger partial charge in [0, 0.05) is 12.7 Å². The predicted octanol–water partition coefficient (Wildman–Crippen LogP) is 0.662. The molecular formula is C8H13N3O2. The Bertz CT molecular complexity index is 306. The summed E-state index contributed by atoms with van der Waals surface area (Å²) >= 11 is 0. The van der Waals surface area contributed by atoms with Crippen LogP contribution in [0.3, 0.4) is 0 Å². The van der Waals surface area contributed by atoms with Crippen molar-refractivity contribution in [2.75, 3.05) is 12.3 Å². The molecule has 1 aromatic heterocycles. The van der Waals surface area contributed by atoms with Gasteiger partial charge in [-0.15, -0.1) is 0 Å². The van der Waals surface area contributed by atoms with Crippen LogP contribution in [0.1, 0.15) is 24.2 Å². The van der Waals surface area contributed by atoms with Crippen LogP contribution in [-0.2, 0) is 11.3 Å². The van der Waals surface area contributed by atoms with Crippen LogP contribution >= 0.6 is 0 Å². The number of carbonyl (C=O) groups is 1. The summed E-state index contributed by atoms with van der Waals surface area (Å²) < 4.78 is 6.39. The first-order chi connectivity index (χ1) is 6.19. The largest absolute Gasteiger partial charge is 0.462 e. The van der Waals surface area contributed by atoms with Crippen molar-refractivity contribution in [2.24, 2.45) is 0 Å². The van der Waals surface area contributed by atoms with E-state index in [-0.39, 0.29) is 5.82 Å². The van der Waals surface area contributed by atoms with Crippen molar-refractivity contribution in [1.29, 1.82) is 0 Å². The van der Waals surface area contributed by atoms with Crippen molar-refractivity contribution in [3.05, 3.63) is 11.8 Å². The third kappa shape index (κ3) is 1.99. The molecule has 0 fully saturated rings. The van der Waals surface area contributed by atoms with Crippen LogP contribution in [0, 0.1) is 0 Å². The van der Waals surface area contributed by atoms with E-state index in [9.17, 15) is 4.79 Å². The summed E-state index contributed by atoms with van der Waals surface area (Å²) in [5.41, 5.74) is 5.85. The molecule has 0 amide bonds. The smallest absolute Gasteiger partial charge is 0.343 e. The fraction of sp³-hybridized carbons (Fsp3) is 0.500. The third-order valence-electron chi connectivity index (χ3n) is 1.61. The summed E-state index contributed by atoms with van der Waals surface area (Å²) in [5, 5.41) is 3.93. The Hall–Kier alpha value is -1.52. The Labute approximate surface area is 76.5 Å². The summed E-state index contributed by atoms with van der Waals surface area (Å²) in [6.07, 6.45) is 1.59. The number of nitrogen functional groups attached to an aromatic ring is 1. The molecule has 72 valence electrons. The summed E-state index contributed by atoms with van der Waals surface area (Å²) in [5.74, 6) is -0.194. The van der Waals surface area contributed by atoms with Gasteiger partial charge < -0.3 is 10.5 Å². The number of anilines is 1. The second-order valence-electron chi connectivity index (χ2n) is 2.50. The highest BCUT2D eigenvalue weighted by Crippen LogP contribution is 2.10. The molecule has 0 bridgehead atoms. The van der Waals surface area contributed by atoms with Gasteiger partial charge >= 0.3 is 5.97 Å². The molecule has 0 saturated carbocycles. The van der Waals surface area contributed by atoms with Crippen LogP contribution in [0.2, 0.25) is 0 Å². The Morgan fingerprint density at radius 1 is 1.69 bits per heavy atom. The molecule has 2 N–H and O–H groups in total. The molecule has 0 atom stereocenters. The highest BCUT2D eigenvalue weighted by atomic mass is 16.5. The number of aryl methyl sites for hydroxylation is 1. The molecule has 0 radical (unpaired) electrons. The Morgan fingerprint density at radius 2 is 2.38 bits per heavy atom. The average Bonchev–Trinajstić information content (AvgIpc) is 2.47. The molecule has 1 rings (SSSR count). The van der Waals surface area contributed by atoms with E-state index >= 15 is 0 Å². The normalized spacial score (nSPS) is 10.0. The summed E-state index contributed by atoms with van der Waals surface area (Å²) in [4.78, 5) is 11.2. The first-order valence-corrected chi connectivity index (χ1v) is 4.19. The number of aromatic nitrogens is 2. The van der Waals surface area contributed by atoms with Gasteiger partial charge in [0.25, 0.3) is 0 Å². The average molecular weight is 183 g/mol. The molecule has 1 aromatic rings. The van der Waals surface area contributed by atoms with Gasteiger partial charge in [0.2, 0.25) is 0 Å². The molecule has 0 aliphatic rings. The molecular weight excluding hydrogens is 170 g/mol. The van der Waals surface area contributed by atoms with Crippen molar-refractivity contribution in [3.8, 4) is 0 Å². The van der Waals surface area contributed by atoms with Gasteiger partial charge in [0.1, 0.15) is 5.56 Å².